The van der Waals surface area contributed by atoms with E-state index < -0.39 is 22.0 Å². The van der Waals surface area contributed by atoms with E-state index in [1.807, 2.05) is 0 Å². The Balaban J connectivity index is 0. The number of hydrogen-bond donors (Lipinski definition) is 1. The summed E-state index contributed by atoms with van der Waals surface area (Å²) in [7, 11) is -4.28. The van der Waals surface area contributed by atoms with Crippen LogP contribution in [0.5, 0.6) is 0 Å². The Kier molecular flexibility index (Phi) is 15.2. The van der Waals surface area contributed by atoms with Crippen molar-refractivity contribution in [2.45, 2.75) is 70.8 Å². The zero-order chi connectivity index (χ0) is 13.1. The zero-order valence-corrected chi connectivity index (χ0v) is 14.5. The van der Waals surface area contributed by atoms with Crippen LogP contribution in [-0.4, -0.2) is 29.9 Å². The van der Waals surface area contributed by atoms with Gasteiger partial charge in [0.15, 0.2) is 0 Å². The maximum atomic E-state index is 10.4. The molecule has 0 saturated heterocycles. The van der Waals surface area contributed by atoms with Crippen molar-refractivity contribution in [2.75, 3.05) is 5.75 Å². The molecule has 0 aromatic carbocycles. The van der Waals surface area contributed by atoms with Crippen LogP contribution in [0.25, 0.3) is 0 Å². The summed E-state index contributed by atoms with van der Waals surface area (Å²) >= 11 is 0. The van der Waals surface area contributed by atoms with Gasteiger partial charge in [-0.3, -0.25) is 0 Å². The second kappa shape index (κ2) is 12.9. The van der Waals surface area contributed by atoms with Crippen molar-refractivity contribution in [3.8, 4) is 0 Å². The Morgan fingerprint density at radius 2 is 1.44 bits per heavy atom. The molecule has 0 radical (unpaired) electrons. The number of aliphatic hydroxyl groups excluding tert-OH is 1. The van der Waals surface area contributed by atoms with Crippen molar-refractivity contribution in [1.82, 2.24) is 0 Å². The summed E-state index contributed by atoms with van der Waals surface area (Å²) in [5.41, 5.74) is 0. The second-order valence-corrected chi connectivity index (χ2v) is 6.09. The molecule has 0 aliphatic heterocycles. The largest absolute Gasteiger partial charge is 1.00 e. The molecule has 0 bridgehead atoms. The Hall–Kier alpha value is 0.870. The Bertz CT molecular complexity index is 267. The molecule has 6 heteroatoms. The molecule has 4 nitrogen and oxygen atoms in total. The average molecular weight is 288 g/mol. The Labute approximate surface area is 134 Å². The van der Waals surface area contributed by atoms with Crippen LogP contribution in [0.1, 0.15) is 64.7 Å². The van der Waals surface area contributed by atoms with E-state index in [1.54, 1.807) is 0 Å². The maximum absolute atomic E-state index is 10.4. The maximum Gasteiger partial charge on any atom is 1.00 e. The molecule has 0 aromatic rings. The monoisotopic (exact) mass is 288 g/mol. The Morgan fingerprint density at radius 1 is 1.00 bits per heavy atom. The van der Waals surface area contributed by atoms with Gasteiger partial charge in [-0.1, -0.05) is 58.3 Å². The van der Waals surface area contributed by atoms with Gasteiger partial charge >= 0.3 is 29.6 Å². The van der Waals surface area contributed by atoms with E-state index in [0.717, 1.165) is 19.3 Å². The first-order valence-electron chi connectivity index (χ1n) is 6.57. The molecule has 0 aliphatic carbocycles. The van der Waals surface area contributed by atoms with Gasteiger partial charge in [-0.2, -0.15) is 0 Å². The fourth-order valence-corrected chi connectivity index (χ4v) is 2.47. The summed E-state index contributed by atoms with van der Waals surface area (Å²) < 4.78 is 31.1. The van der Waals surface area contributed by atoms with Crippen molar-refractivity contribution in [1.29, 1.82) is 0 Å². The first-order valence-corrected chi connectivity index (χ1v) is 8.15. The topological polar surface area (TPSA) is 77.4 Å². The first kappa shape index (κ1) is 21.2. The molecular weight excluding hydrogens is 263 g/mol. The van der Waals surface area contributed by atoms with Gasteiger partial charge in [0.2, 0.25) is 0 Å². The van der Waals surface area contributed by atoms with E-state index in [2.05, 4.69) is 6.92 Å². The number of unbranched alkanes of at least 4 members (excludes halogenated alkanes) is 7. The number of aliphatic hydroxyl groups is 1. The Morgan fingerprint density at radius 3 is 1.89 bits per heavy atom. The molecular formula is C12H25NaO4S. The third-order valence-electron chi connectivity index (χ3n) is 2.79. The normalized spacial score (nSPS) is 13.1. The van der Waals surface area contributed by atoms with Crippen molar-refractivity contribution in [2.24, 2.45) is 0 Å². The van der Waals surface area contributed by atoms with Gasteiger partial charge in [-0.25, -0.2) is 8.42 Å². The van der Waals surface area contributed by atoms with E-state index in [-0.39, 0.29) is 29.6 Å². The minimum absolute atomic E-state index is 0. The smallest absolute Gasteiger partial charge is 0.748 e. The third kappa shape index (κ3) is 16.9. The summed E-state index contributed by atoms with van der Waals surface area (Å²) in [5, 5.41) is 9.28. The van der Waals surface area contributed by atoms with Crippen molar-refractivity contribution in [3.63, 3.8) is 0 Å². The van der Waals surface area contributed by atoms with Gasteiger partial charge in [0, 0.05) is 0 Å². The van der Waals surface area contributed by atoms with Crippen LogP contribution in [0.15, 0.2) is 0 Å². The summed E-state index contributed by atoms with van der Waals surface area (Å²) in [6, 6.07) is 0. The fourth-order valence-electron chi connectivity index (χ4n) is 1.83. The molecule has 0 fully saturated rings. The van der Waals surface area contributed by atoms with Crippen LogP contribution in [-0.2, 0) is 10.1 Å². The van der Waals surface area contributed by atoms with Crippen LogP contribution in [0, 0.1) is 0 Å². The summed E-state index contributed by atoms with van der Waals surface area (Å²) in [4.78, 5) is 0. The van der Waals surface area contributed by atoms with Crippen LogP contribution in [0.2, 0.25) is 0 Å². The van der Waals surface area contributed by atoms with Crippen LogP contribution in [0.4, 0.5) is 0 Å². The van der Waals surface area contributed by atoms with E-state index in [0.29, 0.717) is 6.42 Å². The molecule has 0 heterocycles. The standard InChI is InChI=1S/C12H26O4S.Na/c1-2-3-4-5-6-7-8-9-10-12(13)11-17(14,15)16;/h12-13H,2-11H2,1H3,(H,14,15,16);/q;+1/p-1. The number of rotatable bonds is 11. The molecule has 1 unspecified atom stereocenters. The van der Waals surface area contributed by atoms with Crippen LogP contribution in [0.3, 0.4) is 0 Å². The van der Waals surface area contributed by atoms with Crippen molar-refractivity contribution < 1.29 is 47.6 Å². The van der Waals surface area contributed by atoms with Crippen LogP contribution < -0.4 is 29.6 Å². The minimum Gasteiger partial charge on any atom is -0.748 e. The van der Waals surface area contributed by atoms with Crippen molar-refractivity contribution >= 4 is 10.1 Å². The van der Waals surface area contributed by atoms with Gasteiger partial charge in [0.05, 0.1) is 22.0 Å². The predicted octanol–water partition coefficient (Wildman–Crippen LogP) is -0.573. The second-order valence-electron chi connectivity index (χ2n) is 4.64. The predicted molar refractivity (Wildman–Crippen MR) is 67.8 cm³/mol. The molecule has 0 spiro atoms. The van der Waals surface area contributed by atoms with Gasteiger partial charge in [0.1, 0.15) is 0 Å². The van der Waals surface area contributed by atoms with E-state index in [4.69, 9.17) is 0 Å². The minimum atomic E-state index is -4.28. The SMILES string of the molecule is CCCCCCCCCCC(O)CS(=O)(=O)[O-].[Na+]. The van der Waals surface area contributed by atoms with Crippen molar-refractivity contribution in [3.05, 3.63) is 0 Å². The molecule has 0 saturated carbocycles. The molecule has 0 amide bonds. The van der Waals surface area contributed by atoms with Gasteiger partial charge in [-0.15, -0.1) is 0 Å². The number of hydrogen-bond acceptors (Lipinski definition) is 4. The molecule has 1 N–H and O–H groups in total. The quantitative estimate of drug-likeness (QED) is 0.314. The van der Waals surface area contributed by atoms with Gasteiger partial charge in [-0.05, 0) is 6.42 Å². The summed E-state index contributed by atoms with van der Waals surface area (Å²) in [6.45, 7) is 2.19. The first-order chi connectivity index (χ1) is 7.95. The average Bonchev–Trinajstić information content (AvgIpc) is 2.19. The molecule has 0 aromatic heterocycles. The molecule has 0 aliphatic rings. The third-order valence-corrected chi connectivity index (χ3v) is 3.58. The molecule has 104 valence electrons. The van der Waals surface area contributed by atoms with E-state index >= 15 is 0 Å². The van der Waals surface area contributed by atoms with Gasteiger partial charge < -0.3 is 9.66 Å². The van der Waals surface area contributed by atoms with E-state index in [1.165, 1.54) is 32.1 Å². The molecule has 1 atom stereocenters. The van der Waals surface area contributed by atoms with Gasteiger partial charge in [0.25, 0.3) is 0 Å². The fraction of sp³-hybridized carbons (Fsp3) is 1.00. The zero-order valence-electron chi connectivity index (χ0n) is 11.7. The molecule has 0 rings (SSSR count). The van der Waals surface area contributed by atoms with E-state index in [9.17, 15) is 18.1 Å². The molecule has 18 heavy (non-hydrogen) atoms. The summed E-state index contributed by atoms with van der Waals surface area (Å²) in [5.74, 6) is -0.649. The summed E-state index contributed by atoms with van der Waals surface area (Å²) in [6.07, 6.45) is 8.63. The van der Waals surface area contributed by atoms with Crippen LogP contribution >= 0.6 is 0 Å².